The van der Waals surface area contributed by atoms with Crippen LogP contribution in [-0.4, -0.2) is 12.5 Å². The van der Waals surface area contributed by atoms with Gasteiger partial charge in [-0.05, 0) is 54.9 Å². The zero-order valence-electron chi connectivity index (χ0n) is 11.5. The molecule has 0 radical (unpaired) electrons. The number of aliphatic imine (C=N–C) groups is 1. The van der Waals surface area contributed by atoms with Crippen LogP contribution in [-0.2, 0) is 12.8 Å². The van der Waals surface area contributed by atoms with E-state index < -0.39 is 0 Å². The van der Waals surface area contributed by atoms with E-state index in [1.54, 1.807) is 0 Å². The second-order valence-corrected chi connectivity index (χ2v) is 5.81. The van der Waals surface area contributed by atoms with Gasteiger partial charge < -0.3 is 11.1 Å². The average molecular weight is 257 g/mol. The maximum Gasteiger partial charge on any atom is 0.193 e. The minimum atomic E-state index is 0.553. The molecule has 0 heterocycles. The summed E-state index contributed by atoms with van der Waals surface area (Å²) in [5, 5.41) is 3.21. The molecular weight excluding hydrogens is 234 g/mol. The SMILES string of the molecule is NC(=NCCC1CCC1)Nc1ccc2c(c1)CCC2. The van der Waals surface area contributed by atoms with Gasteiger partial charge in [0.1, 0.15) is 0 Å². The summed E-state index contributed by atoms with van der Waals surface area (Å²) in [5.74, 6) is 1.45. The van der Waals surface area contributed by atoms with Gasteiger partial charge in [-0.3, -0.25) is 4.99 Å². The van der Waals surface area contributed by atoms with Crippen molar-refractivity contribution >= 4 is 11.6 Å². The number of aryl methyl sites for hydroxylation is 2. The van der Waals surface area contributed by atoms with E-state index in [9.17, 15) is 0 Å². The molecule has 0 saturated heterocycles. The lowest BCUT2D eigenvalue weighted by Gasteiger charge is -2.24. The smallest absolute Gasteiger partial charge is 0.193 e. The van der Waals surface area contributed by atoms with Gasteiger partial charge in [0.25, 0.3) is 0 Å². The van der Waals surface area contributed by atoms with Crippen LogP contribution in [0, 0.1) is 5.92 Å². The van der Waals surface area contributed by atoms with Crippen LogP contribution < -0.4 is 11.1 Å². The summed E-state index contributed by atoms with van der Waals surface area (Å²) < 4.78 is 0. The topological polar surface area (TPSA) is 50.4 Å². The standard InChI is InChI=1S/C16H23N3/c17-16(18-10-9-12-3-1-4-12)19-15-8-7-13-5-2-6-14(13)11-15/h7-8,11-12H,1-6,9-10H2,(H3,17,18,19). The van der Waals surface area contributed by atoms with Gasteiger partial charge in [0.15, 0.2) is 5.96 Å². The van der Waals surface area contributed by atoms with Crippen LogP contribution >= 0.6 is 0 Å². The molecule has 3 heteroatoms. The summed E-state index contributed by atoms with van der Waals surface area (Å²) in [4.78, 5) is 4.42. The number of nitrogens with two attached hydrogens (primary N) is 1. The van der Waals surface area contributed by atoms with Crippen LogP contribution in [0.2, 0.25) is 0 Å². The average Bonchev–Trinajstić information content (AvgIpc) is 2.79. The lowest BCUT2D eigenvalue weighted by molar-refractivity contribution is 0.300. The fourth-order valence-corrected chi connectivity index (χ4v) is 2.99. The number of hydrogen-bond donors (Lipinski definition) is 2. The molecule has 0 aliphatic heterocycles. The second kappa shape index (κ2) is 5.64. The molecule has 1 aromatic rings. The van der Waals surface area contributed by atoms with Crippen molar-refractivity contribution in [3.05, 3.63) is 29.3 Å². The molecule has 0 unspecified atom stereocenters. The first-order valence-electron chi connectivity index (χ1n) is 7.50. The molecule has 0 atom stereocenters. The highest BCUT2D eigenvalue weighted by Gasteiger charge is 2.16. The van der Waals surface area contributed by atoms with Crippen molar-refractivity contribution < 1.29 is 0 Å². The molecule has 0 aromatic heterocycles. The quantitative estimate of drug-likeness (QED) is 0.643. The maximum atomic E-state index is 5.94. The molecule has 3 nitrogen and oxygen atoms in total. The van der Waals surface area contributed by atoms with E-state index in [0.717, 1.165) is 18.2 Å². The fraction of sp³-hybridized carbons (Fsp3) is 0.562. The molecule has 3 N–H and O–H groups in total. The third kappa shape index (κ3) is 3.09. The Labute approximate surface area is 115 Å². The highest BCUT2D eigenvalue weighted by atomic mass is 15.1. The Morgan fingerprint density at radius 1 is 1.21 bits per heavy atom. The Morgan fingerprint density at radius 3 is 2.84 bits per heavy atom. The van der Waals surface area contributed by atoms with E-state index in [1.165, 1.54) is 56.1 Å². The van der Waals surface area contributed by atoms with Crippen molar-refractivity contribution in [2.24, 2.45) is 16.6 Å². The predicted molar refractivity (Wildman–Crippen MR) is 80.5 cm³/mol. The van der Waals surface area contributed by atoms with Crippen LogP contribution in [0.3, 0.4) is 0 Å². The molecule has 1 aromatic carbocycles. The summed E-state index contributed by atoms with van der Waals surface area (Å²) in [5.41, 5.74) is 9.97. The molecule has 0 amide bonds. The van der Waals surface area contributed by atoms with E-state index >= 15 is 0 Å². The number of guanidine groups is 1. The highest BCUT2D eigenvalue weighted by molar-refractivity contribution is 5.92. The fourth-order valence-electron chi connectivity index (χ4n) is 2.99. The van der Waals surface area contributed by atoms with Gasteiger partial charge in [-0.25, -0.2) is 0 Å². The van der Waals surface area contributed by atoms with Crippen LogP contribution in [0.15, 0.2) is 23.2 Å². The van der Waals surface area contributed by atoms with Gasteiger partial charge in [-0.2, -0.15) is 0 Å². The number of benzene rings is 1. The Morgan fingerprint density at radius 2 is 2.05 bits per heavy atom. The zero-order valence-corrected chi connectivity index (χ0v) is 11.5. The number of anilines is 1. The number of nitrogens with zero attached hydrogens (tertiary/aromatic N) is 1. The molecule has 2 aliphatic rings. The molecule has 102 valence electrons. The van der Waals surface area contributed by atoms with Gasteiger partial charge in [0.05, 0.1) is 0 Å². The molecule has 2 aliphatic carbocycles. The Kier molecular flexibility index (Phi) is 3.72. The van der Waals surface area contributed by atoms with Crippen LogP contribution in [0.5, 0.6) is 0 Å². The first-order chi connectivity index (χ1) is 9.31. The van der Waals surface area contributed by atoms with Crippen molar-refractivity contribution in [3.8, 4) is 0 Å². The van der Waals surface area contributed by atoms with Gasteiger partial charge in [-0.1, -0.05) is 25.3 Å². The maximum absolute atomic E-state index is 5.94. The third-order valence-electron chi connectivity index (χ3n) is 4.42. The monoisotopic (exact) mass is 257 g/mol. The minimum absolute atomic E-state index is 0.553. The molecule has 1 saturated carbocycles. The van der Waals surface area contributed by atoms with E-state index in [-0.39, 0.29) is 0 Å². The number of nitrogens with one attached hydrogen (secondary N) is 1. The first-order valence-corrected chi connectivity index (χ1v) is 7.50. The predicted octanol–water partition coefficient (Wildman–Crippen LogP) is 3.09. The van der Waals surface area contributed by atoms with Gasteiger partial charge in [-0.15, -0.1) is 0 Å². The molecule has 0 spiro atoms. The Hall–Kier alpha value is -1.51. The van der Waals surface area contributed by atoms with E-state index in [2.05, 4.69) is 28.5 Å². The lowest BCUT2D eigenvalue weighted by Crippen LogP contribution is -2.23. The molecule has 0 bridgehead atoms. The van der Waals surface area contributed by atoms with Crippen LogP contribution in [0.1, 0.15) is 43.2 Å². The highest BCUT2D eigenvalue weighted by Crippen LogP contribution is 2.29. The van der Waals surface area contributed by atoms with Crippen LogP contribution in [0.25, 0.3) is 0 Å². The molecule has 19 heavy (non-hydrogen) atoms. The van der Waals surface area contributed by atoms with Crippen molar-refractivity contribution in [1.29, 1.82) is 0 Å². The molecular formula is C16H23N3. The van der Waals surface area contributed by atoms with Gasteiger partial charge in [0.2, 0.25) is 0 Å². The van der Waals surface area contributed by atoms with E-state index in [1.807, 2.05) is 0 Å². The van der Waals surface area contributed by atoms with Crippen LogP contribution in [0.4, 0.5) is 5.69 Å². The summed E-state index contributed by atoms with van der Waals surface area (Å²) in [6.07, 6.45) is 9.05. The van der Waals surface area contributed by atoms with Crippen molar-refractivity contribution in [3.63, 3.8) is 0 Å². The van der Waals surface area contributed by atoms with E-state index in [4.69, 9.17) is 5.73 Å². The summed E-state index contributed by atoms with van der Waals surface area (Å²) >= 11 is 0. The second-order valence-electron chi connectivity index (χ2n) is 5.81. The largest absolute Gasteiger partial charge is 0.370 e. The van der Waals surface area contributed by atoms with Gasteiger partial charge in [0, 0.05) is 12.2 Å². The van der Waals surface area contributed by atoms with E-state index in [0.29, 0.717) is 5.96 Å². The minimum Gasteiger partial charge on any atom is -0.370 e. The summed E-state index contributed by atoms with van der Waals surface area (Å²) in [7, 11) is 0. The first kappa shape index (κ1) is 12.5. The lowest BCUT2D eigenvalue weighted by atomic mass is 9.83. The zero-order chi connectivity index (χ0) is 13.1. The van der Waals surface area contributed by atoms with Crippen molar-refractivity contribution in [1.82, 2.24) is 0 Å². The van der Waals surface area contributed by atoms with Crippen molar-refractivity contribution in [2.75, 3.05) is 11.9 Å². The third-order valence-corrected chi connectivity index (χ3v) is 4.42. The van der Waals surface area contributed by atoms with Gasteiger partial charge >= 0.3 is 0 Å². The number of fused-ring (bicyclic) bond motifs is 1. The number of hydrogen-bond acceptors (Lipinski definition) is 1. The summed E-state index contributed by atoms with van der Waals surface area (Å²) in [6, 6.07) is 6.54. The normalized spacial score (nSPS) is 19.1. The summed E-state index contributed by atoms with van der Waals surface area (Å²) in [6.45, 7) is 0.856. The number of rotatable bonds is 4. The molecule has 3 rings (SSSR count). The van der Waals surface area contributed by atoms with Crippen molar-refractivity contribution in [2.45, 2.75) is 44.9 Å². The molecule has 1 fully saturated rings. The Balaban J connectivity index is 1.53. The Bertz CT molecular complexity index is 475.